The van der Waals surface area contributed by atoms with Crippen molar-refractivity contribution in [2.24, 2.45) is 29.1 Å². The molecule has 2 N–H and O–H groups in total. The fourth-order valence-electron chi connectivity index (χ4n) is 5.23. The first-order valence-electron chi connectivity index (χ1n) is 7.71. The van der Waals surface area contributed by atoms with E-state index in [4.69, 9.17) is 0 Å². The first-order chi connectivity index (χ1) is 8.27. The van der Waals surface area contributed by atoms with Crippen molar-refractivity contribution in [1.29, 1.82) is 0 Å². The lowest BCUT2D eigenvalue weighted by molar-refractivity contribution is 0.221. The van der Waals surface area contributed by atoms with E-state index in [9.17, 15) is 0 Å². The predicted molar refractivity (Wildman–Crippen MR) is 69.8 cm³/mol. The van der Waals surface area contributed by atoms with E-state index in [-0.39, 0.29) is 0 Å². The van der Waals surface area contributed by atoms with Gasteiger partial charge in [0.2, 0.25) is 0 Å². The highest BCUT2D eigenvalue weighted by Gasteiger charge is 2.64. The van der Waals surface area contributed by atoms with Crippen LogP contribution in [0.5, 0.6) is 0 Å². The van der Waals surface area contributed by atoms with Crippen molar-refractivity contribution in [3.05, 3.63) is 0 Å². The summed E-state index contributed by atoms with van der Waals surface area (Å²) in [5, 5.41) is 7.49. The van der Waals surface area contributed by atoms with Crippen LogP contribution in [0.15, 0.2) is 0 Å². The van der Waals surface area contributed by atoms with E-state index in [1.54, 1.807) is 19.3 Å². The third-order valence-corrected chi connectivity index (χ3v) is 6.19. The fraction of sp³-hybridized carbons (Fsp3) is 1.00. The lowest BCUT2D eigenvalue weighted by atomic mass is 9.82. The van der Waals surface area contributed by atoms with Gasteiger partial charge in [-0.3, -0.25) is 0 Å². The van der Waals surface area contributed by atoms with E-state index in [0.717, 1.165) is 29.7 Å². The molecule has 1 aliphatic heterocycles. The molecule has 0 spiro atoms. The molecule has 0 aromatic carbocycles. The van der Waals surface area contributed by atoms with Gasteiger partial charge in [-0.1, -0.05) is 6.92 Å². The lowest BCUT2D eigenvalue weighted by Gasteiger charge is -2.34. The van der Waals surface area contributed by atoms with E-state index in [0.29, 0.717) is 5.41 Å². The second-order valence-corrected chi connectivity index (χ2v) is 7.49. The van der Waals surface area contributed by atoms with Gasteiger partial charge in [0.05, 0.1) is 0 Å². The zero-order valence-electron chi connectivity index (χ0n) is 11.0. The van der Waals surface area contributed by atoms with Crippen molar-refractivity contribution in [2.75, 3.05) is 19.6 Å². The molecule has 17 heavy (non-hydrogen) atoms. The third-order valence-electron chi connectivity index (χ3n) is 6.19. The summed E-state index contributed by atoms with van der Waals surface area (Å²) in [6, 6.07) is 0.917. The Balaban J connectivity index is 1.32. The second kappa shape index (κ2) is 3.71. The minimum absolute atomic E-state index is 0.522. The average molecular weight is 234 g/mol. The zero-order valence-corrected chi connectivity index (χ0v) is 11.0. The van der Waals surface area contributed by atoms with E-state index >= 15 is 0 Å². The Morgan fingerprint density at radius 1 is 1.24 bits per heavy atom. The van der Waals surface area contributed by atoms with Gasteiger partial charge in [-0.25, -0.2) is 0 Å². The van der Waals surface area contributed by atoms with Crippen LogP contribution in [0.3, 0.4) is 0 Å². The maximum absolute atomic E-state index is 3.93. The standard InChI is InChI=1S/C15H26N2/c1-15(5-2-6-16-8-15)9-17-14-12-10-3-4-11(7-10)13(12)14/h10-14,16-17H,2-9H2,1H3. The fourth-order valence-corrected chi connectivity index (χ4v) is 5.23. The molecule has 2 bridgehead atoms. The molecule has 3 aliphatic carbocycles. The number of fused-ring (bicyclic) bond motifs is 5. The van der Waals surface area contributed by atoms with Crippen LogP contribution in [0, 0.1) is 29.1 Å². The summed E-state index contributed by atoms with van der Waals surface area (Å²) >= 11 is 0. The van der Waals surface area contributed by atoms with Crippen molar-refractivity contribution in [2.45, 2.75) is 45.1 Å². The number of hydrogen-bond donors (Lipinski definition) is 2. The highest BCUT2D eigenvalue weighted by atomic mass is 15.0. The van der Waals surface area contributed by atoms with Gasteiger partial charge in [-0.2, -0.15) is 0 Å². The molecule has 0 aromatic heterocycles. The van der Waals surface area contributed by atoms with Crippen molar-refractivity contribution < 1.29 is 0 Å². The molecule has 5 unspecified atom stereocenters. The maximum Gasteiger partial charge on any atom is 0.0136 e. The molecule has 4 rings (SSSR count). The van der Waals surface area contributed by atoms with Crippen LogP contribution in [0.25, 0.3) is 0 Å². The number of hydrogen-bond acceptors (Lipinski definition) is 2. The van der Waals surface area contributed by atoms with Crippen LogP contribution < -0.4 is 10.6 Å². The molecule has 0 amide bonds. The van der Waals surface area contributed by atoms with Crippen LogP contribution in [0.4, 0.5) is 0 Å². The SMILES string of the molecule is CC1(CNC2C3C4CCC(C4)C23)CCCNC1. The number of piperidine rings is 1. The molecule has 4 fully saturated rings. The molecule has 4 aliphatic rings. The van der Waals surface area contributed by atoms with Gasteiger partial charge in [-0.05, 0) is 67.7 Å². The summed E-state index contributed by atoms with van der Waals surface area (Å²) in [7, 11) is 0. The molecule has 2 nitrogen and oxygen atoms in total. The van der Waals surface area contributed by atoms with Gasteiger partial charge in [-0.15, -0.1) is 0 Å². The summed E-state index contributed by atoms with van der Waals surface area (Å²) in [5.41, 5.74) is 0.522. The summed E-state index contributed by atoms with van der Waals surface area (Å²) in [6.07, 6.45) is 7.43. The first-order valence-corrected chi connectivity index (χ1v) is 7.71. The van der Waals surface area contributed by atoms with Crippen molar-refractivity contribution in [3.63, 3.8) is 0 Å². The highest BCUT2D eigenvalue weighted by molar-refractivity contribution is 5.17. The predicted octanol–water partition coefficient (Wildman–Crippen LogP) is 2.01. The Bertz CT molecular complexity index is 292. The molecule has 1 saturated heterocycles. The van der Waals surface area contributed by atoms with E-state index in [2.05, 4.69) is 17.6 Å². The van der Waals surface area contributed by atoms with Gasteiger partial charge in [0.15, 0.2) is 0 Å². The van der Waals surface area contributed by atoms with Crippen molar-refractivity contribution in [1.82, 2.24) is 10.6 Å². The molecular formula is C15H26N2. The van der Waals surface area contributed by atoms with Gasteiger partial charge >= 0.3 is 0 Å². The lowest BCUT2D eigenvalue weighted by Crippen LogP contribution is -2.45. The Hall–Kier alpha value is -0.0800. The van der Waals surface area contributed by atoms with Crippen molar-refractivity contribution >= 4 is 0 Å². The average Bonchev–Trinajstić information content (AvgIpc) is 2.73. The molecule has 0 radical (unpaired) electrons. The van der Waals surface area contributed by atoms with E-state index in [1.807, 2.05) is 0 Å². The van der Waals surface area contributed by atoms with Gasteiger partial charge < -0.3 is 10.6 Å². The molecule has 96 valence electrons. The van der Waals surface area contributed by atoms with Crippen LogP contribution in [0.2, 0.25) is 0 Å². The normalized spacial score (nSPS) is 55.9. The largest absolute Gasteiger partial charge is 0.316 e. The maximum atomic E-state index is 3.93. The smallest absolute Gasteiger partial charge is 0.0136 e. The monoisotopic (exact) mass is 234 g/mol. The van der Waals surface area contributed by atoms with Gasteiger partial charge in [0.25, 0.3) is 0 Å². The second-order valence-electron chi connectivity index (χ2n) is 7.49. The zero-order chi connectivity index (χ0) is 11.5. The van der Waals surface area contributed by atoms with E-state index < -0.39 is 0 Å². The minimum atomic E-state index is 0.522. The molecule has 1 heterocycles. The summed E-state index contributed by atoms with van der Waals surface area (Å²) in [4.78, 5) is 0. The highest BCUT2D eigenvalue weighted by Crippen LogP contribution is 2.65. The topological polar surface area (TPSA) is 24.1 Å². The van der Waals surface area contributed by atoms with Gasteiger partial charge in [0.1, 0.15) is 0 Å². The molecule has 0 aromatic rings. The Morgan fingerprint density at radius 3 is 2.65 bits per heavy atom. The number of nitrogens with one attached hydrogen (secondary N) is 2. The third kappa shape index (κ3) is 1.67. The summed E-state index contributed by atoms with van der Waals surface area (Å²) in [5.74, 6) is 4.40. The molecule has 2 heteroatoms. The number of rotatable bonds is 3. The molecule has 3 saturated carbocycles. The molecular weight excluding hydrogens is 208 g/mol. The van der Waals surface area contributed by atoms with Crippen LogP contribution >= 0.6 is 0 Å². The Morgan fingerprint density at radius 2 is 2.00 bits per heavy atom. The molecule has 5 atom stereocenters. The Labute approximate surface area is 105 Å². The Kier molecular flexibility index (Phi) is 2.36. The minimum Gasteiger partial charge on any atom is -0.316 e. The van der Waals surface area contributed by atoms with Gasteiger partial charge in [0, 0.05) is 19.1 Å². The van der Waals surface area contributed by atoms with Crippen LogP contribution in [-0.4, -0.2) is 25.7 Å². The summed E-state index contributed by atoms with van der Waals surface area (Å²) < 4.78 is 0. The summed E-state index contributed by atoms with van der Waals surface area (Å²) in [6.45, 7) is 6.15. The van der Waals surface area contributed by atoms with Crippen molar-refractivity contribution in [3.8, 4) is 0 Å². The quantitative estimate of drug-likeness (QED) is 0.780. The van der Waals surface area contributed by atoms with Crippen LogP contribution in [0.1, 0.15) is 39.0 Å². The van der Waals surface area contributed by atoms with E-state index in [1.165, 1.54) is 32.5 Å². The van der Waals surface area contributed by atoms with Crippen LogP contribution in [-0.2, 0) is 0 Å². The first kappa shape index (κ1) is 10.8.